The van der Waals surface area contributed by atoms with Gasteiger partial charge in [-0.2, -0.15) is 0 Å². The van der Waals surface area contributed by atoms with E-state index < -0.39 is 11.6 Å². The van der Waals surface area contributed by atoms with E-state index in [9.17, 15) is 9.59 Å². The number of rotatable bonds is 6. The Balaban J connectivity index is 1.51. The largest absolute Gasteiger partial charge is 0.462 e. The Morgan fingerprint density at radius 1 is 0.939 bits per heavy atom. The van der Waals surface area contributed by atoms with Crippen LogP contribution < -0.4 is 9.80 Å². The zero-order valence-corrected chi connectivity index (χ0v) is 19.8. The number of aromatic nitrogens is 4. The standard InChI is InChI=1S/C22H31N7O4/c1-6-32-18(30)17-13-25-20(26-14-17)29-9-7-28(8-10-29)19-23-11-16(12-24-19)15-27(5)21(31)33-22(2,3)4/h11-14H,6-10,15H2,1-5H3. The number of hydrogen-bond donors (Lipinski definition) is 0. The maximum Gasteiger partial charge on any atom is 0.410 e. The normalized spacial score (nSPS) is 14.1. The molecule has 11 heteroatoms. The molecular formula is C22H31N7O4. The number of hydrogen-bond acceptors (Lipinski definition) is 10. The van der Waals surface area contributed by atoms with Gasteiger partial charge in [-0.1, -0.05) is 0 Å². The van der Waals surface area contributed by atoms with Crippen LogP contribution in [0.15, 0.2) is 24.8 Å². The van der Waals surface area contributed by atoms with Crippen molar-refractivity contribution in [3.05, 3.63) is 35.9 Å². The van der Waals surface area contributed by atoms with Crippen LogP contribution in [0.25, 0.3) is 0 Å². The minimum atomic E-state index is -0.540. The SMILES string of the molecule is CCOC(=O)c1cnc(N2CCN(c3ncc(CN(C)C(=O)OC(C)(C)C)cn3)CC2)nc1. The van der Waals surface area contributed by atoms with Crippen molar-refractivity contribution in [1.29, 1.82) is 0 Å². The van der Waals surface area contributed by atoms with Gasteiger partial charge in [0.1, 0.15) is 5.60 Å². The van der Waals surface area contributed by atoms with Crippen molar-refractivity contribution >= 4 is 24.0 Å². The van der Waals surface area contributed by atoms with Crippen LogP contribution in [0.4, 0.5) is 16.7 Å². The van der Waals surface area contributed by atoms with Crippen molar-refractivity contribution in [3.63, 3.8) is 0 Å². The van der Waals surface area contributed by atoms with Crippen LogP contribution in [-0.2, 0) is 16.0 Å². The summed E-state index contributed by atoms with van der Waals surface area (Å²) in [6, 6.07) is 0. The molecule has 1 aliphatic heterocycles. The predicted molar refractivity (Wildman–Crippen MR) is 122 cm³/mol. The Hall–Kier alpha value is -3.50. The molecule has 2 aromatic heterocycles. The molecule has 0 atom stereocenters. The van der Waals surface area contributed by atoms with Crippen molar-refractivity contribution < 1.29 is 19.1 Å². The summed E-state index contributed by atoms with van der Waals surface area (Å²) < 4.78 is 10.3. The summed E-state index contributed by atoms with van der Waals surface area (Å²) in [5.74, 6) is 0.785. The summed E-state index contributed by atoms with van der Waals surface area (Å²) in [5, 5.41) is 0. The van der Waals surface area contributed by atoms with Crippen molar-refractivity contribution in [2.45, 2.75) is 39.8 Å². The number of nitrogens with zero attached hydrogens (tertiary/aromatic N) is 7. The summed E-state index contributed by atoms with van der Waals surface area (Å²) >= 11 is 0. The molecule has 33 heavy (non-hydrogen) atoms. The van der Waals surface area contributed by atoms with Crippen molar-refractivity contribution in [1.82, 2.24) is 24.8 Å². The first-order chi connectivity index (χ1) is 15.7. The Morgan fingerprint density at radius 3 is 1.88 bits per heavy atom. The van der Waals surface area contributed by atoms with E-state index in [0.29, 0.717) is 56.8 Å². The first-order valence-electron chi connectivity index (χ1n) is 10.9. The molecule has 0 spiro atoms. The summed E-state index contributed by atoms with van der Waals surface area (Å²) in [6.45, 7) is 10.8. The van der Waals surface area contributed by atoms with Gasteiger partial charge in [0.2, 0.25) is 11.9 Å². The number of ether oxygens (including phenoxy) is 2. The van der Waals surface area contributed by atoms with Crippen LogP contribution in [0.3, 0.4) is 0 Å². The van der Waals surface area contributed by atoms with Gasteiger partial charge in [0, 0.05) is 63.6 Å². The van der Waals surface area contributed by atoms with E-state index >= 15 is 0 Å². The summed E-state index contributed by atoms with van der Waals surface area (Å²) in [6.07, 6.45) is 6.05. The van der Waals surface area contributed by atoms with E-state index in [2.05, 4.69) is 29.7 Å². The smallest absolute Gasteiger partial charge is 0.410 e. The van der Waals surface area contributed by atoms with E-state index in [1.54, 1.807) is 26.4 Å². The van der Waals surface area contributed by atoms with Crippen molar-refractivity contribution in [2.75, 3.05) is 49.6 Å². The third-order valence-corrected chi connectivity index (χ3v) is 4.81. The highest BCUT2D eigenvalue weighted by Gasteiger charge is 2.22. The van der Waals surface area contributed by atoms with E-state index in [0.717, 1.165) is 5.56 Å². The van der Waals surface area contributed by atoms with Gasteiger partial charge in [0.15, 0.2) is 0 Å². The lowest BCUT2D eigenvalue weighted by molar-refractivity contribution is 0.0284. The Bertz CT molecular complexity index is 937. The summed E-state index contributed by atoms with van der Waals surface area (Å²) in [5.41, 5.74) is 0.618. The molecule has 11 nitrogen and oxygen atoms in total. The summed E-state index contributed by atoms with van der Waals surface area (Å²) in [4.78, 5) is 47.0. The molecule has 1 amide bonds. The van der Waals surface area contributed by atoms with E-state index in [1.165, 1.54) is 17.3 Å². The fourth-order valence-corrected chi connectivity index (χ4v) is 3.18. The van der Waals surface area contributed by atoms with Gasteiger partial charge in [0.25, 0.3) is 0 Å². The second-order valence-electron chi connectivity index (χ2n) is 8.69. The lowest BCUT2D eigenvalue weighted by Gasteiger charge is -2.34. The Kier molecular flexibility index (Phi) is 7.62. The maximum absolute atomic E-state index is 12.1. The van der Waals surface area contributed by atoms with Gasteiger partial charge in [-0.25, -0.2) is 29.5 Å². The third-order valence-electron chi connectivity index (χ3n) is 4.81. The second-order valence-corrected chi connectivity index (χ2v) is 8.69. The van der Waals surface area contributed by atoms with Crippen LogP contribution in [0.2, 0.25) is 0 Å². The molecule has 0 aromatic carbocycles. The van der Waals surface area contributed by atoms with Gasteiger partial charge < -0.3 is 24.2 Å². The van der Waals surface area contributed by atoms with E-state index in [4.69, 9.17) is 9.47 Å². The molecule has 1 fully saturated rings. The lowest BCUT2D eigenvalue weighted by Crippen LogP contribution is -2.47. The molecule has 2 aromatic rings. The summed E-state index contributed by atoms with van der Waals surface area (Å²) in [7, 11) is 1.68. The first-order valence-corrected chi connectivity index (χ1v) is 10.9. The molecule has 3 heterocycles. The van der Waals surface area contributed by atoms with Gasteiger partial charge >= 0.3 is 12.1 Å². The fraction of sp³-hybridized carbons (Fsp3) is 0.545. The molecule has 178 valence electrons. The molecule has 0 N–H and O–H groups in total. The van der Waals surface area contributed by atoms with Crippen LogP contribution >= 0.6 is 0 Å². The monoisotopic (exact) mass is 457 g/mol. The van der Waals surface area contributed by atoms with Crippen LogP contribution in [-0.4, -0.2) is 82.3 Å². The molecule has 3 rings (SSSR count). The number of carbonyl (C=O) groups is 2. The zero-order chi connectivity index (χ0) is 24.0. The highest BCUT2D eigenvalue weighted by atomic mass is 16.6. The quantitative estimate of drug-likeness (QED) is 0.598. The predicted octanol–water partition coefficient (Wildman–Crippen LogP) is 2.14. The second kappa shape index (κ2) is 10.4. The molecule has 1 aliphatic rings. The van der Waals surface area contributed by atoms with Gasteiger partial charge in [-0.15, -0.1) is 0 Å². The average Bonchev–Trinajstić information content (AvgIpc) is 2.79. The van der Waals surface area contributed by atoms with Crippen LogP contribution in [0, 0.1) is 0 Å². The van der Waals surface area contributed by atoms with Gasteiger partial charge in [-0.05, 0) is 27.7 Å². The van der Waals surface area contributed by atoms with Gasteiger partial charge in [-0.3, -0.25) is 0 Å². The number of carbonyl (C=O) groups excluding carboxylic acids is 2. The molecule has 0 radical (unpaired) electrons. The van der Waals surface area contributed by atoms with Crippen LogP contribution in [0.1, 0.15) is 43.6 Å². The Morgan fingerprint density at radius 2 is 1.42 bits per heavy atom. The first kappa shape index (κ1) is 24.1. The molecule has 1 saturated heterocycles. The van der Waals surface area contributed by atoms with Gasteiger partial charge in [0.05, 0.1) is 18.7 Å². The number of piperazine rings is 1. The fourth-order valence-electron chi connectivity index (χ4n) is 3.18. The van der Waals surface area contributed by atoms with Crippen molar-refractivity contribution in [3.8, 4) is 0 Å². The molecular weight excluding hydrogens is 426 g/mol. The van der Waals surface area contributed by atoms with Crippen LogP contribution in [0.5, 0.6) is 0 Å². The number of anilines is 2. The molecule has 0 aliphatic carbocycles. The third kappa shape index (κ3) is 6.74. The van der Waals surface area contributed by atoms with E-state index in [1.807, 2.05) is 20.8 Å². The molecule has 0 bridgehead atoms. The average molecular weight is 458 g/mol. The number of esters is 1. The number of amides is 1. The van der Waals surface area contributed by atoms with Crippen molar-refractivity contribution in [2.24, 2.45) is 0 Å². The topological polar surface area (TPSA) is 114 Å². The molecule has 0 saturated carbocycles. The maximum atomic E-state index is 12.1. The minimum absolute atomic E-state index is 0.312. The Labute approximate surface area is 193 Å². The molecule has 0 unspecified atom stereocenters. The van der Waals surface area contributed by atoms with E-state index in [-0.39, 0.29) is 6.09 Å². The highest BCUT2D eigenvalue weighted by molar-refractivity contribution is 5.88. The minimum Gasteiger partial charge on any atom is -0.462 e. The lowest BCUT2D eigenvalue weighted by atomic mass is 10.2. The zero-order valence-electron chi connectivity index (χ0n) is 19.8. The highest BCUT2D eigenvalue weighted by Crippen LogP contribution is 2.16.